The quantitative estimate of drug-likeness (QED) is 0.245. The lowest BCUT2D eigenvalue weighted by Gasteiger charge is -2.15. The van der Waals surface area contributed by atoms with Crippen molar-refractivity contribution in [3.8, 4) is 17.3 Å². The Bertz CT molecular complexity index is 1730. The smallest absolute Gasteiger partial charge is 0.255 e. The average molecular weight is 509 g/mol. The highest BCUT2D eigenvalue weighted by Gasteiger charge is 2.27. The third kappa shape index (κ3) is 4.50. The Labute approximate surface area is 217 Å². The number of nitrogens with zero attached hydrogens (tertiary/aromatic N) is 10. The molecule has 4 aromatic heterocycles. The van der Waals surface area contributed by atoms with Crippen LogP contribution in [0.2, 0.25) is 0 Å². The molecule has 13 heteroatoms. The minimum absolute atomic E-state index is 0.164. The topological polar surface area (TPSA) is 148 Å². The maximum absolute atomic E-state index is 11.5. The number of azo groups is 1. The summed E-state index contributed by atoms with van der Waals surface area (Å²) in [7, 11) is 0. The number of carbonyl (C=O) groups is 1. The number of hydrogen-bond acceptors (Lipinski definition) is 8. The lowest BCUT2D eigenvalue weighted by atomic mass is 9.91. The van der Waals surface area contributed by atoms with Crippen LogP contribution in [0.25, 0.3) is 27.8 Å². The van der Waals surface area contributed by atoms with Crippen LogP contribution in [0, 0.1) is 13.5 Å². The Balaban J connectivity index is 1.64. The van der Waals surface area contributed by atoms with Gasteiger partial charge in [0, 0.05) is 36.0 Å². The van der Waals surface area contributed by atoms with Gasteiger partial charge in [0.25, 0.3) is 11.6 Å². The van der Waals surface area contributed by atoms with E-state index in [4.69, 9.17) is 6.57 Å². The SMILES string of the molecule is [C-]#[N+]c1c(C)nn(-c2ncccn2)c1/N=N/c1c(C(C)(C)C)nn2nc(-c3cccc(NC(C)=O)c3)[nH]c12. The standard InChI is InChI=1S/C25H24N12O/c1-14-18(26-6)23(36(33-14)24-27-11-8-12-28-24)32-31-19-20(25(3,4)5)34-37-22(19)30-21(35-37)16-9-7-10-17(13-16)29-15(2)38/h7-13H,1-5H3,(H,29,38)(H,30,35)/b32-31+. The molecule has 0 radical (unpaired) electrons. The molecule has 0 unspecified atom stereocenters. The van der Waals surface area contributed by atoms with Crippen molar-refractivity contribution in [2.24, 2.45) is 10.2 Å². The van der Waals surface area contributed by atoms with Gasteiger partial charge in [-0.05, 0) is 25.1 Å². The van der Waals surface area contributed by atoms with Gasteiger partial charge in [-0.15, -0.1) is 20.0 Å². The van der Waals surface area contributed by atoms with Crippen LogP contribution >= 0.6 is 0 Å². The van der Waals surface area contributed by atoms with E-state index >= 15 is 0 Å². The van der Waals surface area contributed by atoms with E-state index in [1.54, 1.807) is 31.5 Å². The first kappa shape index (κ1) is 24.4. The third-order valence-electron chi connectivity index (χ3n) is 5.54. The van der Waals surface area contributed by atoms with Crippen LogP contribution in [0.1, 0.15) is 39.1 Å². The van der Waals surface area contributed by atoms with E-state index in [0.29, 0.717) is 34.2 Å². The molecule has 13 nitrogen and oxygen atoms in total. The predicted molar refractivity (Wildman–Crippen MR) is 140 cm³/mol. The molecule has 5 rings (SSSR count). The zero-order valence-corrected chi connectivity index (χ0v) is 21.4. The van der Waals surface area contributed by atoms with E-state index in [0.717, 1.165) is 5.56 Å². The monoisotopic (exact) mass is 508 g/mol. The molecule has 0 aliphatic rings. The minimum atomic E-state index is -0.379. The summed E-state index contributed by atoms with van der Waals surface area (Å²) in [5, 5.41) is 25.5. The molecular formula is C25H24N12O. The van der Waals surface area contributed by atoms with E-state index in [-0.39, 0.29) is 28.8 Å². The number of amides is 1. The summed E-state index contributed by atoms with van der Waals surface area (Å²) >= 11 is 0. The van der Waals surface area contributed by atoms with Gasteiger partial charge in [-0.3, -0.25) is 4.79 Å². The molecule has 0 fully saturated rings. The molecule has 1 aromatic carbocycles. The Morgan fingerprint density at radius 3 is 2.55 bits per heavy atom. The summed E-state index contributed by atoms with van der Waals surface area (Å²) in [4.78, 5) is 26.9. The van der Waals surface area contributed by atoms with Crippen LogP contribution in [0.15, 0.2) is 53.0 Å². The van der Waals surface area contributed by atoms with Gasteiger partial charge < -0.3 is 10.3 Å². The van der Waals surface area contributed by atoms with Gasteiger partial charge >= 0.3 is 0 Å². The summed E-state index contributed by atoms with van der Waals surface area (Å²) in [5.74, 6) is 0.865. The second-order valence-corrected chi connectivity index (χ2v) is 9.55. The number of H-pyrrole nitrogens is 1. The van der Waals surface area contributed by atoms with Crippen molar-refractivity contribution in [1.82, 2.24) is 39.6 Å². The predicted octanol–water partition coefficient (Wildman–Crippen LogP) is 5.23. The molecule has 0 saturated carbocycles. The van der Waals surface area contributed by atoms with Crippen molar-refractivity contribution in [3.63, 3.8) is 0 Å². The maximum atomic E-state index is 11.5. The van der Waals surface area contributed by atoms with E-state index in [1.807, 2.05) is 39.0 Å². The Hall–Kier alpha value is -5.25. The number of carbonyl (C=O) groups excluding carboxylic acids is 1. The summed E-state index contributed by atoms with van der Waals surface area (Å²) in [6, 6.07) is 9.01. The molecule has 38 heavy (non-hydrogen) atoms. The van der Waals surface area contributed by atoms with Crippen molar-refractivity contribution >= 4 is 34.4 Å². The summed E-state index contributed by atoms with van der Waals surface area (Å²) in [6.45, 7) is 16.9. The van der Waals surface area contributed by atoms with Crippen molar-refractivity contribution < 1.29 is 4.79 Å². The first-order chi connectivity index (χ1) is 18.2. The van der Waals surface area contributed by atoms with Gasteiger partial charge in [-0.1, -0.05) is 32.9 Å². The number of aryl methyl sites for hydroxylation is 1. The van der Waals surface area contributed by atoms with Crippen LogP contribution in [0.5, 0.6) is 0 Å². The summed E-state index contributed by atoms with van der Waals surface area (Å²) in [6.07, 6.45) is 3.17. The largest absolute Gasteiger partial charge is 0.326 e. The van der Waals surface area contributed by atoms with Gasteiger partial charge in [-0.25, -0.2) is 14.8 Å². The van der Waals surface area contributed by atoms with Crippen molar-refractivity contribution in [1.29, 1.82) is 0 Å². The van der Waals surface area contributed by atoms with Gasteiger partial charge in [0.05, 0.1) is 18.0 Å². The molecule has 0 bridgehead atoms. The number of hydrogen-bond donors (Lipinski definition) is 2. The average Bonchev–Trinajstić information content (AvgIpc) is 3.53. The summed E-state index contributed by atoms with van der Waals surface area (Å²) in [5.41, 5.74) is 3.44. The number of nitrogens with one attached hydrogen (secondary N) is 2. The molecule has 0 saturated heterocycles. The Morgan fingerprint density at radius 1 is 1.11 bits per heavy atom. The van der Waals surface area contributed by atoms with Gasteiger partial charge in [0.2, 0.25) is 5.91 Å². The fourth-order valence-corrected chi connectivity index (χ4v) is 3.85. The normalized spacial score (nSPS) is 11.8. The summed E-state index contributed by atoms with van der Waals surface area (Å²) < 4.78 is 2.88. The van der Waals surface area contributed by atoms with Gasteiger partial charge in [0.1, 0.15) is 0 Å². The van der Waals surface area contributed by atoms with E-state index in [1.165, 1.54) is 16.2 Å². The lowest BCUT2D eigenvalue weighted by Crippen LogP contribution is -2.12. The van der Waals surface area contributed by atoms with Crippen LogP contribution in [0.3, 0.4) is 0 Å². The van der Waals surface area contributed by atoms with Crippen LogP contribution in [-0.2, 0) is 10.2 Å². The fraction of sp³-hybridized carbons (Fsp3) is 0.240. The molecule has 190 valence electrons. The molecular weight excluding hydrogens is 484 g/mol. The van der Waals surface area contributed by atoms with E-state index in [2.05, 4.69) is 50.6 Å². The minimum Gasteiger partial charge on any atom is -0.326 e. The number of fused-ring (bicyclic) bond motifs is 1. The number of anilines is 1. The molecule has 2 N–H and O–H groups in total. The highest BCUT2D eigenvalue weighted by atomic mass is 16.1. The van der Waals surface area contributed by atoms with Crippen molar-refractivity contribution in [2.75, 3.05) is 5.32 Å². The zero-order valence-electron chi connectivity index (χ0n) is 21.4. The second kappa shape index (κ2) is 9.32. The first-order valence-electron chi connectivity index (χ1n) is 11.7. The molecule has 0 atom stereocenters. The maximum Gasteiger partial charge on any atom is 0.255 e. The van der Waals surface area contributed by atoms with Crippen LogP contribution in [-0.4, -0.2) is 45.5 Å². The molecule has 0 aliphatic heterocycles. The second-order valence-electron chi connectivity index (χ2n) is 9.55. The van der Waals surface area contributed by atoms with Crippen molar-refractivity contribution in [2.45, 2.75) is 40.0 Å². The lowest BCUT2D eigenvalue weighted by molar-refractivity contribution is -0.114. The van der Waals surface area contributed by atoms with E-state index in [9.17, 15) is 4.79 Å². The Kier molecular flexibility index (Phi) is 6.00. The molecule has 1 amide bonds. The zero-order chi connectivity index (χ0) is 27.0. The number of rotatable bonds is 5. The molecule has 4 heterocycles. The highest BCUT2D eigenvalue weighted by molar-refractivity contribution is 5.89. The molecule has 0 spiro atoms. The van der Waals surface area contributed by atoms with Crippen LogP contribution in [0.4, 0.5) is 22.9 Å². The molecule has 0 aliphatic carbocycles. The van der Waals surface area contributed by atoms with Crippen LogP contribution < -0.4 is 5.32 Å². The van der Waals surface area contributed by atoms with Crippen molar-refractivity contribution in [3.05, 3.63) is 65.5 Å². The Morgan fingerprint density at radius 2 is 1.87 bits per heavy atom. The van der Waals surface area contributed by atoms with Gasteiger partial charge in [0.15, 0.2) is 23.0 Å². The number of benzene rings is 1. The third-order valence-corrected chi connectivity index (χ3v) is 5.54. The van der Waals surface area contributed by atoms with Gasteiger partial charge in [-0.2, -0.15) is 14.9 Å². The highest BCUT2D eigenvalue weighted by Crippen LogP contribution is 2.38. The molecule has 5 aromatic rings. The number of aromatic nitrogens is 8. The first-order valence-corrected chi connectivity index (χ1v) is 11.7. The van der Waals surface area contributed by atoms with E-state index < -0.39 is 0 Å². The fourth-order valence-electron chi connectivity index (χ4n) is 3.85. The number of aromatic amines is 1.